The Labute approximate surface area is 227 Å². The third-order valence-corrected chi connectivity index (χ3v) is 8.71. The number of likely N-dealkylation sites (tertiary alicyclic amines) is 1. The number of aliphatic hydroxyl groups excluding tert-OH is 1. The average molecular weight is 531 g/mol. The molecule has 38 heavy (non-hydrogen) atoms. The molecule has 0 aromatic heterocycles. The fourth-order valence-corrected chi connectivity index (χ4v) is 7.48. The lowest BCUT2D eigenvalue weighted by atomic mass is 9.74. The van der Waals surface area contributed by atoms with Gasteiger partial charge in [-0.15, -0.1) is 0 Å². The third kappa shape index (κ3) is 4.72. The highest BCUT2D eigenvalue weighted by Gasteiger charge is 2.75. The van der Waals surface area contributed by atoms with Crippen LogP contribution in [0, 0.1) is 17.3 Å². The first-order valence-electron chi connectivity index (χ1n) is 14.2. The Morgan fingerprint density at radius 1 is 1.05 bits per heavy atom. The van der Waals surface area contributed by atoms with Gasteiger partial charge >= 0.3 is 5.97 Å². The Hall–Kier alpha value is -2.19. The maximum atomic E-state index is 14.6. The number of hydrogen-bond donors (Lipinski definition) is 1. The van der Waals surface area contributed by atoms with Crippen molar-refractivity contribution in [2.75, 3.05) is 19.8 Å². The van der Waals surface area contributed by atoms with Crippen molar-refractivity contribution >= 4 is 17.8 Å². The molecule has 4 rings (SSSR count). The predicted octanol–water partition coefficient (Wildman–Crippen LogP) is 3.62. The molecule has 4 heterocycles. The van der Waals surface area contributed by atoms with Gasteiger partial charge in [0.1, 0.15) is 17.6 Å². The average Bonchev–Trinajstić information content (AvgIpc) is 3.13. The Morgan fingerprint density at radius 3 is 2.39 bits per heavy atom. The van der Waals surface area contributed by atoms with Crippen LogP contribution in [0.5, 0.6) is 0 Å². The van der Waals surface area contributed by atoms with Crippen molar-refractivity contribution in [1.82, 2.24) is 9.80 Å². The second-order valence-corrected chi connectivity index (χ2v) is 13.5. The molecule has 2 amide bonds. The SMILES string of the molecule is CC[C@@H](CO)N1C(=O)[C@@H]2[C@H]3C(=O)OCCCC/C=C\[C@@]3(C)O[C@@]23C=CCN(C(C)(C)CC(C)(C)C)C(=O)C13. The Bertz CT molecular complexity index is 1010. The zero-order chi connectivity index (χ0) is 28.1. The van der Waals surface area contributed by atoms with E-state index in [0.717, 1.165) is 25.7 Å². The summed E-state index contributed by atoms with van der Waals surface area (Å²) in [5.74, 6) is -2.85. The fourth-order valence-electron chi connectivity index (χ4n) is 7.48. The highest BCUT2D eigenvalue weighted by Crippen LogP contribution is 2.58. The largest absolute Gasteiger partial charge is 0.465 e. The van der Waals surface area contributed by atoms with Crippen LogP contribution in [-0.4, -0.2) is 81.3 Å². The number of cyclic esters (lactones) is 1. The molecule has 1 N–H and O–H groups in total. The van der Waals surface area contributed by atoms with E-state index in [0.29, 0.717) is 13.0 Å². The summed E-state index contributed by atoms with van der Waals surface area (Å²) >= 11 is 0. The van der Waals surface area contributed by atoms with Crippen LogP contribution in [0.25, 0.3) is 0 Å². The normalized spacial score (nSPS) is 35.8. The molecular formula is C30H46N2O6. The van der Waals surface area contributed by atoms with Gasteiger partial charge in [0.25, 0.3) is 0 Å². The fraction of sp³-hybridized carbons (Fsp3) is 0.767. The minimum absolute atomic E-state index is 0.0311. The van der Waals surface area contributed by atoms with Gasteiger partial charge in [-0.1, -0.05) is 52.0 Å². The number of allylic oxidation sites excluding steroid dienone is 1. The lowest BCUT2D eigenvalue weighted by Crippen LogP contribution is -2.62. The zero-order valence-corrected chi connectivity index (χ0v) is 24.2. The molecule has 212 valence electrons. The van der Waals surface area contributed by atoms with Crippen molar-refractivity contribution in [2.24, 2.45) is 17.3 Å². The first kappa shape index (κ1) is 28.8. The van der Waals surface area contributed by atoms with Gasteiger partial charge in [-0.3, -0.25) is 14.4 Å². The second-order valence-electron chi connectivity index (χ2n) is 13.5. The lowest BCUT2D eigenvalue weighted by molar-refractivity contribution is -0.163. The molecule has 2 saturated heterocycles. The number of nitrogens with zero attached hydrogens (tertiary/aromatic N) is 2. The summed E-state index contributed by atoms with van der Waals surface area (Å²) in [6, 6.07) is -1.57. The highest BCUT2D eigenvalue weighted by atomic mass is 16.6. The van der Waals surface area contributed by atoms with Gasteiger partial charge in [0.05, 0.1) is 30.8 Å². The maximum Gasteiger partial charge on any atom is 0.313 e. The lowest BCUT2D eigenvalue weighted by Gasteiger charge is -2.45. The van der Waals surface area contributed by atoms with E-state index in [1.54, 1.807) is 0 Å². The minimum atomic E-state index is -1.35. The van der Waals surface area contributed by atoms with Gasteiger partial charge in [-0.2, -0.15) is 0 Å². The van der Waals surface area contributed by atoms with Crippen LogP contribution in [0.15, 0.2) is 24.3 Å². The summed E-state index contributed by atoms with van der Waals surface area (Å²) in [5.41, 5.74) is -2.99. The Morgan fingerprint density at radius 2 is 1.76 bits per heavy atom. The molecule has 0 aliphatic carbocycles. The number of amides is 2. The monoisotopic (exact) mass is 530 g/mol. The number of carbonyl (C=O) groups excluding carboxylic acids is 3. The first-order valence-corrected chi connectivity index (χ1v) is 14.2. The van der Waals surface area contributed by atoms with Crippen molar-refractivity contribution in [2.45, 2.75) is 109 Å². The summed E-state index contributed by atoms with van der Waals surface area (Å²) in [6.45, 7) is 14.7. The Balaban J connectivity index is 1.88. The summed E-state index contributed by atoms with van der Waals surface area (Å²) in [7, 11) is 0. The van der Waals surface area contributed by atoms with Crippen LogP contribution in [0.2, 0.25) is 0 Å². The molecule has 0 radical (unpaired) electrons. The van der Waals surface area contributed by atoms with Crippen molar-refractivity contribution in [1.29, 1.82) is 0 Å². The molecule has 1 spiro atoms. The molecule has 0 bridgehead atoms. The standard InChI is InChI=1S/C30H46N2O6/c1-8-20(18-33)32-23-25(35)31(28(5,6)19-27(2,3)4)16-13-15-30(23)21(24(32)34)22-26(36)37-17-12-10-9-11-14-29(22,7)38-30/h11,13-15,20-23,33H,8-10,12,16-19H2,1-7H3/b14-11-/t20-,21-,22-,23?,29+,30-/m0/s1. The molecule has 2 fully saturated rings. The first-order chi connectivity index (χ1) is 17.7. The number of carbonyl (C=O) groups is 3. The van der Waals surface area contributed by atoms with Crippen molar-refractivity contribution in [3.8, 4) is 0 Å². The number of hydrogen-bond acceptors (Lipinski definition) is 6. The van der Waals surface area contributed by atoms with E-state index in [1.807, 2.05) is 43.1 Å². The van der Waals surface area contributed by atoms with Gasteiger partial charge in [0.15, 0.2) is 0 Å². The molecule has 6 atom stereocenters. The summed E-state index contributed by atoms with van der Waals surface area (Å²) in [4.78, 5) is 45.9. The van der Waals surface area contributed by atoms with Crippen LogP contribution < -0.4 is 0 Å². The van der Waals surface area contributed by atoms with E-state index in [9.17, 15) is 19.5 Å². The van der Waals surface area contributed by atoms with E-state index < -0.39 is 46.6 Å². The Kier molecular flexibility index (Phi) is 7.65. The number of esters is 1. The van der Waals surface area contributed by atoms with Crippen LogP contribution in [0.3, 0.4) is 0 Å². The van der Waals surface area contributed by atoms with Crippen LogP contribution in [0.1, 0.15) is 80.6 Å². The van der Waals surface area contributed by atoms with Gasteiger partial charge < -0.3 is 24.4 Å². The van der Waals surface area contributed by atoms with Gasteiger partial charge in [-0.25, -0.2) is 0 Å². The van der Waals surface area contributed by atoms with Crippen molar-refractivity contribution < 1.29 is 29.0 Å². The topological polar surface area (TPSA) is 96.4 Å². The van der Waals surface area contributed by atoms with Gasteiger partial charge in [-0.05, 0) is 58.3 Å². The molecule has 4 aliphatic rings. The van der Waals surface area contributed by atoms with Gasteiger partial charge in [0.2, 0.25) is 11.8 Å². The van der Waals surface area contributed by atoms with E-state index in [1.165, 1.54) is 4.90 Å². The predicted molar refractivity (Wildman–Crippen MR) is 144 cm³/mol. The maximum absolute atomic E-state index is 14.6. The number of aliphatic hydroxyl groups is 1. The molecule has 8 heteroatoms. The summed E-state index contributed by atoms with van der Waals surface area (Å²) < 4.78 is 12.5. The zero-order valence-electron chi connectivity index (χ0n) is 24.2. The van der Waals surface area contributed by atoms with E-state index in [-0.39, 0.29) is 30.4 Å². The van der Waals surface area contributed by atoms with Crippen LogP contribution in [-0.2, 0) is 23.9 Å². The second kappa shape index (κ2) is 10.1. The summed E-state index contributed by atoms with van der Waals surface area (Å²) in [5, 5.41) is 10.3. The quantitative estimate of drug-likeness (QED) is 0.431. The van der Waals surface area contributed by atoms with Crippen molar-refractivity contribution in [3.05, 3.63) is 24.3 Å². The summed E-state index contributed by atoms with van der Waals surface area (Å²) in [6.07, 6.45) is 11.4. The molecule has 0 saturated carbocycles. The molecule has 8 nitrogen and oxygen atoms in total. The van der Waals surface area contributed by atoms with E-state index >= 15 is 0 Å². The van der Waals surface area contributed by atoms with E-state index in [2.05, 4.69) is 34.6 Å². The highest BCUT2D eigenvalue weighted by molar-refractivity contribution is 5.99. The number of fused-ring (bicyclic) bond motifs is 2. The van der Waals surface area contributed by atoms with Crippen LogP contribution >= 0.6 is 0 Å². The molecule has 0 aromatic carbocycles. The molecular weight excluding hydrogens is 484 g/mol. The smallest absolute Gasteiger partial charge is 0.313 e. The number of ether oxygens (including phenoxy) is 2. The van der Waals surface area contributed by atoms with Crippen molar-refractivity contribution in [3.63, 3.8) is 0 Å². The molecule has 1 unspecified atom stereocenters. The number of rotatable bonds is 5. The van der Waals surface area contributed by atoms with E-state index in [4.69, 9.17) is 9.47 Å². The minimum Gasteiger partial charge on any atom is -0.465 e. The van der Waals surface area contributed by atoms with Gasteiger partial charge in [0, 0.05) is 12.1 Å². The molecule has 0 aromatic rings. The molecule has 4 aliphatic heterocycles. The third-order valence-electron chi connectivity index (χ3n) is 8.71. The van der Waals surface area contributed by atoms with Crippen LogP contribution in [0.4, 0.5) is 0 Å².